The molecule has 0 atom stereocenters. The number of anilines is 1. The summed E-state index contributed by atoms with van der Waals surface area (Å²) in [5, 5.41) is 2.64. The van der Waals surface area contributed by atoms with E-state index in [2.05, 4.69) is 10.0 Å². The minimum Gasteiger partial charge on any atom is -0.452 e. The first-order chi connectivity index (χ1) is 12.6. The molecule has 7 nitrogen and oxygen atoms in total. The van der Waals surface area contributed by atoms with E-state index in [9.17, 15) is 18.0 Å². The Labute approximate surface area is 162 Å². The Hall–Kier alpha value is -2.42. The highest BCUT2D eigenvalue weighted by Gasteiger charge is 2.19. The molecule has 0 saturated heterocycles. The van der Waals surface area contributed by atoms with E-state index in [1.54, 1.807) is 12.1 Å². The maximum Gasteiger partial charge on any atom is 0.340 e. The lowest BCUT2D eigenvalue weighted by Crippen LogP contribution is -2.22. The number of carbonyl (C=O) groups is 2. The van der Waals surface area contributed by atoms with Crippen LogP contribution in [0.1, 0.15) is 21.5 Å². The maximum atomic E-state index is 12.2. The summed E-state index contributed by atoms with van der Waals surface area (Å²) in [5.41, 5.74) is 2.54. The summed E-state index contributed by atoms with van der Waals surface area (Å²) in [4.78, 5) is 24.0. The van der Waals surface area contributed by atoms with Gasteiger partial charge >= 0.3 is 5.97 Å². The topological polar surface area (TPSA) is 102 Å². The quantitative estimate of drug-likeness (QED) is 0.713. The van der Waals surface area contributed by atoms with Crippen LogP contribution in [0.15, 0.2) is 41.3 Å². The van der Waals surface area contributed by atoms with Crippen molar-refractivity contribution < 1.29 is 22.7 Å². The molecule has 27 heavy (non-hydrogen) atoms. The lowest BCUT2D eigenvalue weighted by atomic mass is 10.1. The van der Waals surface area contributed by atoms with E-state index < -0.39 is 28.5 Å². The fourth-order valence-electron chi connectivity index (χ4n) is 2.17. The third-order valence-electron chi connectivity index (χ3n) is 3.86. The summed E-state index contributed by atoms with van der Waals surface area (Å²) >= 11 is 5.95. The van der Waals surface area contributed by atoms with Gasteiger partial charge in [-0.2, -0.15) is 0 Å². The molecule has 0 aliphatic rings. The third-order valence-corrected chi connectivity index (χ3v) is 5.60. The lowest BCUT2D eigenvalue weighted by Gasteiger charge is -2.10. The number of ether oxygens (including phenoxy) is 1. The highest BCUT2D eigenvalue weighted by molar-refractivity contribution is 7.89. The smallest absolute Gasteiger partial charge is 0.340 e. The van der Waals surface area contributed by atoms with Crippen molar-refractivity contribution in [1.29, 1.82) is 0 Å². The summed E-state index contributed by atoms with van der Waals surface area (Å²) in [6.45, 7) is 3.33. The Morgan fingerprint density at radius 1 is 1.07 bits per heavy atom. The standard InChI is InChI=1S/C18H19ClN2O5S/c1-11-4-5-13(8-12(11)2)21-17(22)10-26-18(23)15-9-14(6-7-16(15)19)27(24,25)20-3/h4-9,20H,10H2,1-3H3,(H,21,22). The second kappa shape index (κ2) is 8.51. The Morgan fingerprint density at radius 2 is 1.78 bits per heavy atom. The second-order valence-electron chi connectivity index (χ2n) is 5.77. The number of amides is 1. The number of esters is 1. The molecule has 2 rings (SSSR count). The lowest BCUT2D eigenvalue weighted by molar-refractivity contribution is -0.119. The zero-order valence-corrected chi connectivity index (χ0v) is 16.6. The molecule has 0 spiro atoms. The molecule has 0 fully saturated rings. The predicted molar refractivity (Wildman–Crippen MR) is 103 cm³/mol. The van der Waals surface area contributed by atoms with E-state index >= 15 is 0 Å². The van der Waals surface area contributed by atoms with Crippen molar-refractivity contribution in [3.63, 3.8) is 0 Å². The molecule has 0 heterocycles. The maximum absolute atomic E-state index is 12.2. The van der Waals surface area contributed by atoms with Crippen LogP contribution in [0.3, 0.4) is 0 Å². The van der Waals surface area contributed by atoms with Gasteiger partial charge in [0.2, 0.25) is 10.0 Å². The fraction of sp³-hybridized carbons (Fsp3) is 0.222. The average molecular weight is 411 g/mol. The van der Waals surface area contributed by atoms with Crippen LogP contribution in [-0.2, 0) is 19.6 Å². The van der Waals surface area contributed by atoms with Crippen molar-refractivity contribution in [2.75, 3.05) is 19.0 Å². The van der Waals surface area contributed by atoms with Crippen LogP contribution in [0.5, 0.6) is 0 Å². The number of carbonyl (C=O) groups excluding carboxylic acids is 2. The van der Waals surface area contributed by atoms with Gasteiger partial charge in [0.25, 0.3) is 5.91 Å². The van der Waals surface area contributed by atoms with Gasteiger partial charge in [0.05, 0.1) is 15.5 Å². The van der Waals surface area contributed by atoms with Crippen LogP contribution in [0.4, 0.5) is 5.69 Å². The minimum absolute atomic E-state index is 0.0182. The van der Waals surface area contributed by atoms with Crippen molar-refractivity contribution in [3.8, 4) is 0 Å². The molecule has 2 aromatic rings. The van der Waals surface area contributed by atoms with E-state index in [1.165, 1.54) is 19.2 Å². The van der Waals surface area contributed by atoms with Gasteiger partial charge in [0, 0.05) is 5.69 Å². The van der Waals surface area contributed by atoms with Crippen LogP contribution in [0.25, 0.3) is 0 Å². The molecule has 1 amide bonds. The van der Waals surface area contributed by atoms with Gasteiger partial charge in [-0.05, 0) is 62.4 Å². The summed E-state index contributed by atoms with van der Waals surface area (Å²) in [7, 11) is -2.50. The van der Waals surface area contributed by atoms with E-state index in [-0.39, 0.29) is 15.5 Å². The zero-order valence-electron chi connectivity index (χ0n) is 15.0. The van der Waals surface area contributed by atoms with Crippen molar-refractivity contribution in [1.82, 2.24) is 4.72 Å². The van der Waals surface area contributed by atoms with Gasteiger partial charge in [0.1, 0.15) is 0 Å². The minimum atomic E-state index is -3.75. The van der Waals surface area contributed by atoms with Gasteiger partial charge in [-0.1, -0.05) is 17.7 Å². The van der Waals surface area contributed by atoms with Crippen molar-refractivity contribution in [2.45, 2.75) is 18.7 Å². The van der Waals surface area contributed by atoms with Gasteiger partial charge in [-0.25, -0.2) is 17.9 Å². The number of rotatable bonds is 6. The average Bonchev–Trinajstić information content (AvgIpc) is 2.63. The molecule has 0 aliphatic heterocycles. The molecule has 0 radical (unpaired) electrons. The molecule has 0 saturated carbocycles. The molecule has 2 aromatic carbocycles. The SMILES string of the molecule is CNS(=O)(=O)c1ccc(Cl)c(C(=O)OCC(=O)Nc2ccc(C)c(C)c2)c1. The first kappa shape index (κ1) is 20.9. The summed E-state index contributed by atoms with van der Waals surface area (Å²) in [6.07, 6.45) is 0. The van der Waals surface area contributed by atoms with Crippen LogP contribution in [0.2, 0.25) is 5.02 Å². The molecule has 0 aliphatic carbocycles. The monoisotopic (exact) mass is 410 g/mol. The number of hydrogen-bond acceptors (Lipinski definition) is 5. The van der Waals surface area contributed by atoms with Crippen molar-refractivity contribution in [3.05, 3.63) is 58.1 Å². The normalized spacial score (nSPS) is 11.1. The molecule has 144 valence electrons. The van der Waals surface area contributed by atoms with Gasteiger partial charge < -0.3 is 10.1 Å². The number of benzene rings is 2. The van der Waals surface area contributed by atoms with Crippen LogP contribution >= 0.6 is 11.6 Å². The Kier molecular flexibility index (Phi) is 6.59. The summed E-state index contributed by atoms with van der Waals surface area (Å²) in [6, 6.07) is 9.04. The van der Waals surface area contributed by atoms with Gasteiger partial charge in [0.15, 0.2) is 6.61 Å². The Morgan fingerprint density at radius 3 is 2.41 bits per heavy atom. The molecule has 0 aromatic heterocycles. The van der Waals surface area contributed by atoms with E-state index in [0.717, 1.165) is 17.2 Å². The molecule has 0 bridgehead atoms. The zero-order chi connectivity index (χ0) is 20.2. The van der Waals surface area contributed by atoms with Crippen LogP contribution < -0.4 is 10.0 Å². The Balaban J connectivity index is 2.05. The van der Waals surface area contributed by atoms with Crippen LogP contribution in [0, 0.1) is 13.8 Å². The van der Waals surface area contributed by atoms with Gasteiger partial charge in [-0.3, -0.25) is 4.79 Å². The van der Waals surface area contributed by atoms with E-state index in [1.807, 2.05) is 19.9 Å². The van der Waals surface area contributed by atoms with Gasteiger partial charge in [-0.15, -0.1) is 0 Å². The van der Waals surface area contributed by atoms with E-state index in [4.69, 9.17) is 16.3 Å². The highest BCUT2D eigenvalue weighted by atomic mass is 35.5. The van der Waals surface area contributed by atoms with Crippen molar-refractivity contribution in [2.24, 2.45) is 0 Å². The molecular formula is C18H19ClN2O5S. The first-order valence-electron chi connectivity index (χ1n) is 7.91. The molecule has 9 heteroatoms. The van der Waals surface area contributed by atoms with Crippen LogP contribution in [-0.4, -0.2) is 33.9 Å². The van der Waals surface area contributed by atoms with E-state index in [0.29, 0.717) is 5.69 Å². The third kappa shape index (κ3) is 5.29. The molecular weight excluding hydrogens is 392 g/mol. The summed E-state index contributed by atoms with van der Waals surface area (Å²) < 4.78 is 30.8. The first-order valence-corrected chi connectivity index (χ1v) is 9.77. The largest absolute Gasteiger partial charge is 0.452 e. The number of aryl methyl sites for hydroxylation is 2. The number of nitrogens with one attached hydrogen (secondary N) is 2. The predicted octanol–water partition coefficient (Wildman–Crippen LogP) is 2.66. The van der Waals surface area contributed by atoms with Crippen molar-refractivity contribution >= 4 is 39.2 Å². The fourth-order valence-corrected chi connectivity index (χ4v) is 3.12. The Bertz CT molecular complexity index is 989. The number of halogens is 1. The summed E-state index contributed by atoms with van der Waals surface area (Å²) in [5.74, 6) is -1.43. The number of hydrogen-bond donors (Lipinski definition) is 2. The highest BCUT2D eigenvalue weighted by Crippen LogP contribution is 2.21. The second-order valence-corrected chi connectivity index (χ2v) is 8.07. The molecule has 2 N–H and O–H groups in total. The number of sulfonamides is 1. The molecule has 0 unspecified atom stereocenters.